The number of carboxylic acids is 1. The van der Waals surface area contributed by atoms with Gasteiger partial charge in [-0.3, -0.25) is 0 Å². The summed E-state index contributed by atoms with van der Waals surface area (Å²) in [6, 6.07) is 8.30. The first-order valence-corrected chi connectivity index (χ1v) is 3.52. The number of nitrogens with zero attached hydrogens (tertiary/aromatic N) is 2. The van der Waals surface area contributed by atoms with Crippen LogP contribution in [-0.4, -0.2) is 21.1 Å². The molecular formula is C7H6N2O6. The zero-order valence-electron chi connectivity index (χ0n) is 7.27. The van der Waals surface area contributed by atoms with E-state index in [4.69, 9.17) is 25.3 Å². The summed E-state index contributed by atoms with van der Waals surface area (Å²) in [5.74, 6) is -0.879. The predicted octanol–water partition coefficient (Wildman–Crippen LogP) is 0.840. The van der Waals surface area contributed by atoms with Crippen molar-refractivity contribution in [2.24, 2.45) is 0 Å². The van der Waals surface area contributed by atoms with E-state index in [1.807, 2.05) is 0 Å². The van der Waals surface area contributed by atoms with Crippen molar-refractivity contribution >= 4 is 5.97 Å². The van der Waals surface area contributed by atoms with Gasteiger partial charge < -0.3 is 5.11 Å². The average molecular weight is 214 g/mol. The molecule has 1 rings (SSSR count). The zero-order chi connectivity index (χ0) is 11.8. The van der Waals surface area contributed by atoms with E-state index in [9.17, 15) is 4.79 Å². The van der Waals surface area contributed by atoms with E-state index in [0.717, 1.165) is 0 Å². The molecule has 80 valence electrons. The maximum Gasteiger partial charge on any atom is 0.387 e. The first-order chi connectivity index (χ1) is 6.95. The van der Waals surface area contributed by atoms with Gasteiger partial charge in [0.05, 0.1) is 5.56 Å². The average Bonchev–Trinajstić information content (AvgIpc) is 2.20. The number of hydrogen-bond donors (Lipinski definition) is 1. The topological polar surface area (TPSA) is 124 Å². The number of carboxylic acid groups (broad SMARTS) is 1. The van der Waals surface area contributed by atoms with Gasteiger partial charge in [0, 0.05) is 0 Å². The minimum absolute atomic E-state index is 0.331. The number of nitro groups is 1. The molecule has 0 unspecified atom stereocenters. The van der Waals surface area contributed by atoms with Crippen LogP contribution >= 0.6 is 0 Å². The van der Waals surface area contributed by atoms with Crippen LogP contribution in [0.4, 0.5) is 0 Å². The molecule has 8 nitrogen and oxygen atoms in total. The molecule has 0 radical (unpaired) electrons. The summed E-state index contributed by atoms with van der Waals surface area (Å²) in [6.45, 7) is 0. The number of benzene rings is 1. The van der Waals surface area contributed by atoms with Gasteiger partial charge in [-0.05, 0) is 12.1 Å². The Morgan fingerprint density at radius 1 is 1.07 bits per heavy atom. The van der Waals surface area contributed by atoms with Gasteiger partial charge in [0.2, 0.25) is 0 Å². The van der Waals surface area contributed by atoms with Crippen molar-refractivity contribution in [3.63, 3.8) is 0 Å². The highest BCUT2D eigenvalue weighted by Crippen LogP contribution is 1.96. The van der Waals surface area contributed by atoms with Crippen molar-refractivity contribution in [3.8, 4) is 0 Å². The van der Waals surface area contributed by atoms with Crippen LogP contribution in [0, 0.1) is 20.2 Å². The van der Waals surface area contributed by atoms with Gasteiger partial charge in [-0.2, -0.15) is 20.2 Å². The molecule has 1 aromatic rings. The van der Waals surface area contributed by atoms with Crippen LogP contribution in [0.25, 0.3) is 0 Å². The third-order valence-electron chi connectivity index (χ3n) is 1.15. The Balaban J connectivity index is 0.000000288. The van der Waals surface area contributed by atoms with Crippen LogP contribution in [0.3, 0.4) is 0 Å². The second kappa shape index (κ2) is 6.02. The highest BCUT2D eigenvalue weighted by atomic mass is 16.8. The van der Waals surface area contributed by atoms with Gasteiger partial charge in [-0.25, -0.2) is 4.79 Å². The maximum absolute atomic E-state index is 10.2. The Labute approximate surface area is 83.0 Å². The van der Waals surface area contributed by atoms with Crippen LogP contribution < -0.4 is 0 Å². The molecule has 0 fully saturated rings. The van der Waals surface area contributed by atoms with Gasteiger partial charge in [0.1, 0.15) is 0 Å². The van der Waals surface area contributed by atoms with Crippen molar-refractivity contribution in [2.45, 2.75) is 0 Å². The largest absolute Gasteiger partial charge is 0.478 e. The number of aromatic carboxylic acids is 1. The summed E-state index contributed by atoms with van der Waals surface area (Å²) >= 11 is 0. The van der Waals surface area contributed by atoms with Crippen molar-refractivity contribution in [3.05, 3.63) is 56.1 Å². The Morgan fingerprint density at radius 2 is 1.47 bits per heavy atom. The minimum atomic E-state index is -1.61. The number of carbonyl (C=O) groups is 1. The molecule has 0 amide bonds. The Kier molecular flexibility index (Phi) is 5.01. The third-order valence-corrected chi connectivity index (χ3v) is 1.15. The van der Waals surface area contributed by atoms with E-state index in [2.05, 4.69) is 0 Å². The smallest absolute Gasteiger partial charge is 0.387 e. The first-order valence-electron chi connectivity index (χ1n) is 3.52. The quantitative estimate of drug-likeness (QED) is 0.574. The summed E-state index contributed by atoms with van der Waals surface area (Å²) in [6.07, 6.45) is 0. The molecule has 0 heterocycles. The van der Waals surface area contributed by atoms with Crippen molar-refractivity contribution in [2.75, 3.05) is 0 Å². The fraction of sp³-hybridized carbons (Fsp3) is 0. The number of hydrazine groups is 1. The highest BCUT2D eigenvalue weighted by molar-refractivity contribution is 5.87. The Hall–Kier alpha value is -2.51. The van der Waals surface area contributed by atoms with Crippen LogP contribution in [0.2, 0.25) is 0 Å². The molecule has 15 heavy (non-hydrogen) atoms. The second-order valence-corrected chi connectivity index (χ2v) is 2.15. The molecule has 8 heteroatoms. The predicted molar refractivity (Wildman–Crippen MR) is 47.4 cm³/mol. The van der Waals surface area contributed by atoms with E-state index < -0.39 is 16.0 Å². The van der Waals surface area contributed by atoms with E-state index in [1.165, 1.54) is 0 Å². The third kappa shape index (κ3) is 5.69. The van der Waals surface area contributed by atoms with Gasteiger partial charge in [-0.1, -0.05) is 18.2 Å². The molecule has 0 spiro atoms. The van der Waals surface area contributed by atoms with Gasteiger partial charge in [0.15, 0.2) is 0 Å². The minimum Gasteiger partial charge on any atom is -0.478 e. The van der Waals surface area contributed by atoms with Gasteiger partial charge >= 0.3 is 16.0 Å². The highest BCUT2D eigenvalue weighted by Gasteiger charge is 2.06. The Morgan fingerprint density at radius 3 is 1.67 bits per heavy atom. The van der Waals surface area contributed by atoms with Crippen LogP contribution in [-0.2, 0) is 0 Å². The summed E-state index contributed by atoms with van der Waals surface area (Å²) < 4.78 is 0. The summed E-state index contributed by atoms with van der Waals surface area (Å²) in [5.41, 5.74) is 0.331. The summed E-state index contributed by atoms with van der Waals surface area (Å²) in [7, 11) is 0. The molecule has 0 bridgehead atoms. The lowest BCUT2D eigenvalue weighted by Crippen LogP contribution is -2.06. The molecule has 0 saturated heterocycles. The molecular weight excluding hydrogens is 208 g/mol. The molecule has 0 aromatic heterocycles. The molecule has 0 aliphatic rings. The fourth-order valence-corrected chi connectivity index (χ4v) is 0.581. The van der Waals surface area contributed by atoms with Crippen LogP contribution in [0.1, 0.15) is 10.4 Å². The Bertz CT molecular complexity index is 351. The zero-order valence-corrected chi connectivity index (χ0v) is 7.27. The van der Waals surface area contributed by atoms with E-state index in [0.29, 0.717) is 5.56 Å². The molecule has 0 aliphatic heterocycles. The van der Waals surface area contributed by atoms with Crippen molar-refractivity contribution < 1.29 is 20.0 Å². The molecule has 0 aliphatic carbocycles. The van der Waals surface area contributed by atoms with Crippen LogP contribution in [0.15, 0.2) is 30.3 Å². The van der Waals surface area contributed by atoms with E-state index in [-0.39, 0.29) is 0 Å². The maximum atomic E-state index is 10.2. The lowest BCUT2D eigenvalue weighted by molar-refractivity contribution is -1.08. The first kappa shape index (κ1) is 12.5. The van der Waals surface area contributed by atoms with E-state index in [1.54, 1.807) is 30.3 Å². The normalized spacial score (nSPS) is 8.27. The summed E-state index contributed by atoms with van der Waals surface area (Å²) in [4.78, 5) is 27.8. The van der Waals surface area contributed by atoms with Gasteiger partial charge in [0.25, 0.3) is 0 Å². The number of hydrogen-bond acceptors (Lipinski definition) is 5. The lowest BCUT2D eigenvalue weighted by atomic mass is 10.2. The van der Waals surface area contributed by atoms with E-state index >= 15 is 0 Å². The standard InChI is InChI=1S/C7H6O2.N2O4/c8-7(9)6-4-2-1-3-5-6;3-1(4)2(5)6/h1-5H,(H,8,9);. The molecule has 1 aromatic carbocycles. The molecule has 0 saturated carbocycles. The molecule has 0 atom stereocenters. The van der Waals surface area contributed by atoms with Crippen molar-refractivity contribution in [1.29, 1.82) is 0 Å². The number of rotatable bonds is 2. The summed E-state index contributed by atoms with van der Waals surface area (Å²) in [5, 5.41) is 22.8. The monoisotopic (exact) mass is 214 g/mol. The molecule has 1 N–H and O–H groups in total. The van der Waals surface area contributed by atoms with Crippen LogP contribution in [0.5, 0.6) is 0 Å². The van der Waals surface area contributed by atoms with Crippen molar-refractivity contribution in [1.82, 2.24) is 0 Å². The SMILES string of the molecule is O=C(O)c1ccccc1.O=[N+]([O-])[N+](=O)[O-]. The lowest BCUT2D eigenvalue weighted by Gasteiger charge is -1.88. The second-order valence-electron chi connectivity index (χ2n) is 2.15. The van der Waals surface area contributed by atoms with Gasteiger partial charge in [-0.15, -0.1) is 0 Å². The fourth-order valence-electron chi connectivity index (χ4n) is 0.581.